The molecule has 21 heavy (non-hydrogen) atoms. The van der Waals surface area contributed by atoms with Crippen LogP contribution in [-0.4, -0.2) is 41.9 Å². The highest BCUT2D eigenvalue weighted by Gasteiger charge is 2.37. The van der Waals surface area contributed by atoms with E-state index in [9.17, 15) is 0 Å². The average molecular weight is 294 g/mol. The van der Waals surface area contributed by atoms with Crippen LogP contribution >= 0.6 is 0 Å². The van der Waals surface area contributed by atoms with Gasteiger partial charge in [0.05, 0.1) is 11.6 Å². The molecule has 118 valence electrons. The molecule has 0 saturated carbocycles. The molecule has 2 unspecified atom stereocenters. The molecule has 2 N–H and O–H groups in total. The van der Waals surface area contributed by atoms with Crippen molar-refractivity contribution in [2.24, 2.45) is 0 Å². The van der Waals surface area contributed by atoms with Crippen molar-refractivity contribution in [1.82, 2.24) is 9.97 Å². The van der Waals surface area contributed by atoms with Crippen molar-refractivity contribution in [1.29, 1.82) is 0 Å². The minimum absolute atomic E-state index is 0.0965. The van der Waals surface area contributed by atoms with Crippen LogP contribution in [0.3, 0.4) is 0 Å². The van der Waals surface area contributed by atoms with Crippen LogP contribution in [0, 0.1) is 0 Å². The third-order valence-electron chi connectivity index (χ3n) is 3.90. The van der Waals surface area contributed by atoms with E-state index in [1.54, 1.807) is 7.11 Å². The van der Waals surface area contributed by atoms with Gasteiger partial charge in [-0.3, -0.25) is 0 Å². The highest BCUT2D eigenvalue weighted by atomic mass is 16.5. The largest absolute Gasteiger partial charge is 0.377 e. The van der Waals surface area contributed by atoms with Gasteiger partial charge < -0.3 is 20.1 Å². The van der Waals surface area contributed by atoms with Crippen LogP contribution in [0.5, 0.6) is 0 Å². The summed E-state index contributed by atoms with van der Waals surface area (Å²) >= 11 is 0. The zero-order chi connectivity index (χ0) is 15.3. The molecule has 6 heteroatoms. The Morgan fingerprint density at radius 3 is 2.81 bits per heavy atom. The molecule has 2 rings (SSSR count). The lowest BCUT2D eigenvalue weighted by molar-refractivity contribution is 0.105. The van der Waals surface area contributed by atoms with Crippen LogP contribution in [0.4, 0.5) is 11.6 Å². The molecule has 1 aliphatic heterocycles. The Morgan fingerprint density at radius 1 is 1.43 bits per heavy atom. The zero-order valence-corrected chi connectivity index (χ0v) is 13.4. The quantitative estimate of drug-likeness (QED) is 0.805. The van der Waals surface area contributed by atoms with E-state index >= 15 is 0 Å². The van der Waals surface area contributed by atoms with E-state index in [0.717, 1.165) is 37.6 Å². The molecule has 0 spiro atoms. The molecule has 2 atom stereocenters. The molecule has 1 aromatic heterocycles. The number of nitrogens with one attached hydrogen (secondary N) is 2. The Bertz CT molecular complexity index is 469. The lowest BCUT2D eigenvalue weighted by atomic mass is 9.95. The molecule has 0 bridgehead atoms. The number of ether oxygens (including phenoxy) is 2. The van der Waals surface area contributed by atoms with E-state index in [2.05, 4.69) is 41.4 Å². The summed E-state index contributed by atoms with van der Waals surface area (Å²) in [6.45, 7) is 8.46. The number of rotatable bonds is 7. The highest BCUT2D eigenvalue weighted by molar-refractivity contribution is 5.49. The summed E-state index contributed by atoms with van der Waals surface area (Å²) in [4.78, 5) is 8.99. The maximum absolute atomic E-state index is 5.67. The van der Waals surface area contributed by atoms with Crippen molar-refractivity contribution < 1.29 is 9.47 Å². The topological polar surface area (TPSA) is 68.3 Å². The van der Waals surface area contributed by atoms with Gasteiger partial charge >= 0.3 is 0 Å². The maximum atomic E-state index is 5.67. The van der Waals surface area contributed by atoms with Gasteiger partial charge in [-0.2, -0.15) is 0 Å². The van der Waals surface area contributed by atoms with Crippen LogP contribution < -0.4 is 10.6 Å². The normalized spacial score (nSPS) is 25.0. The number of methoxy groups -OCH3 is 1. The Balaban J connectivity index is 2.18. The van der Waals surface area contributed by atoms with Crippen LogP contribution in [-0.2, 0) is 16.1 Å². The molecule has 1 aromatic rings. The second-order valence-corrected chi connectivity index (χ2v) is 5.72. The summed E-state index contributed by atoms with van der Waals surface area (Å²) in [5, 5.41) is 6.82. The third-order valence-corrected chi connectivity index (χ3v) is 3.90. The second kappa shape index (κ2) is 7.04. The Labute approximate surface area is 126 Å². The van der Waals surface area contributed by atoms with Crippen LogP contribution in [0.1, 0.15) is 39.4 Å². The summed E-state index contributed by atoms with van der Waals surface area (Å²) in [7, 11) is 1.65. The van der Waals surface area contributed by atoms with Crippen molar-refractivity contribution in [3.8, 4) is 0 Å². The van der Waals surface area contributed by atoms with Crippen molar-refractivity contribution in [2.45, 2.75) is 51.9 Å². The van der Waals surface area contributed by atoms with Crippen LogP contribution in [0.2, 0.25) is 0 Å². The summed E-state index contributed by atoms with van der Waals surface area (Å²) in [5.74, 6) is 2.32. The molecule has 1 fully saturated rings. The molecule has 1 aliphatic rings. The fourth-order valence-electron chi connectivity index (χ4n) is 2.39. The van der Waals surface area contributed by atoms with E-state index in [-0.39, 0.29) is 11.6 Å². The van der Waals surface area contributed by atoms with E-state index in [0.29, 0.717) is 12.4 Å². The summed E-state index contributed by atoms with van der Waals surface area (Å²) in [6, 6.07) is 1.95. The molecule has 0 radical (unpaired) electrons. The van der Waals surface area contributed by atoms with Crippen molar-refractivity contribution in [2.75, 3.05) is 30.9 Å². The van der Waals surface area contributed by atoms with E-state index in [1.807, 2.05) is 6.07 Å². The third kappa shape index (κ3) is 4.04. The van der Waals surface area contributed by atoms with Gasteiger partial charge in [0.15, 0.2) is 5.82 Å². The number of nitrogens with zero attached hydrogens (tertiary/aromatic N) is 2. The monoisotopic (exact) mass is 294 g/mol. The number of hydrogen-bond donors (Lipinski definition) is 2. The molecule has 2 heterocycles. The SMILES string of the molecule is CCCNc1cc(NC2(C)CCOC2C)nc(COC)n1. The lowest BCUT2D eigenvalue weighted by Gasteiger charge is -2.29. The van der Waals surface area contributed by atoms with Gasteiger partial charge in [-0.1, -0.05) is 6.92 Å². The first-order valence-corrected chi connectivity index (χ1v) is 7.58. The van der Waals surface area contributed by atoms with Gasteiger partial charge in [-0.05, 0) is 26.7 Å². The minimum atomic E-state index is -0.0965. The van der Waals surface area contributed by atoms with E-state index in [1.165, 1.54) is 0 Å². The minimum Gasteiger partial charge on any atom is -0.377 e. The predicted octanol–water partition coefficient (Wildman–Crippen LogP) is 2.42. The lowest BCUT2D eigenvalue weighted by Crippen LogP contribution is -2.41. The van der Waals surface area contributed by atoms with E-state index in [4.69, 9.17) is 9.47 Å². The predicted molar refractivity (Wildman–Crippen MR) is 83.6 cm³/mol. The number of hydrogen-bond acceptors (Lipinski definition) is 6. The Morgan fingerprint density at radius 2 is 2.19 bits per heavy atom. The summed E-state index contributed by atoms with van der Waals surface area (Å²) < 4.78 is 10.8. The van der Waals surface area contributed by atoms with Crippen LogP contribution in [0.25, 0.3) is 0 Å². The van der Waals surface area contributed by atoms with Gasteiger partial charge in [0.1, 0.15) is 18.2 Å². The average Bonchev–Trinajstić information content (AvgIpc) is 2.76. The Kier molecular flexibility index (Phi) is 5.36. The molecule has 0 amide bonds. The van der Waals surface area contributed by atoms with Gasteiger partial charge in [0.2, 0.25) is 0 Å². The number of aromatic nitrogens is 2. The molecular weight excluding hydrogens is 268 g/mol. The highest BCUT2D eigenvalue weighted by Crippen LogP contribution is 2.29. The fourth-order valence-corrected chi connectivity index (χ4v) is 2.39. The van der Waals surface area contributed by atoms with Crippen LogP contribution in [0.15, 0.2) is 6.07 Å². The molecular formula is C15H26N4O2. The van der Waals surface area contributed by atoms with Gasteiger partial charge in [-0.15, -0.1) is 0 Å². The first-order valence-electron chi connectivity index (χ1n) is 7.58. The number of anilines is 2. The molecule has 0 aliphatic carbocycles. The van der Waals surface area contributed by atoms with Gasteiger partial charge in [0, 0.05) is 26.3 Å². The van der Waals surface area contributed by atoms with Gasteiger partial charge in [-0.25, -0.2) is 9.97 Å². The molecule has 6 nitrogen and oxygen atoms in total. The fraction of sp³-hybridized carbons (Fsp3) is 0.733. The Hall–Kier alpha value is -1.40. The van der Waals surface area contributed by atoms with Crippen molar-refractivity contribution in [3.05, 3.63) is 11.9 Å². The molecule has 1 saturated heterocycles. The van der Waals surface area contributed by atoms with E-state index < -0.39 is 0 Å². The summed E-state index contributed by atoms with van der Waals surface area (Å²) in [5.41, 5.74) is -0.0965. The maximum Gasteiger partial charge on any atom is 0.158 e. The summed E-state index contributed by atoms with van der Waals surface area (Å²) in [6.07, 6.45) is 2.18. The smallest absolute Gasteiger partial charge is 0.158 e. The zero-order valence-electron chi connectivity index (χ0n) is 13.4. The standard InChI is InChI=1S/C15H26N4O2/c1-5-7-16-12-9-13(18-14(17-12)10-20-4)19-15(3)6-8-21-11(15)2/h9,11H,5-8,10H2,1-4H3,(H2,16,17,18,19). The van der Waals surface area contributed by atoms with Crippen molar-refractivity contribution in [3.63, 3.8) is 0 Å². The molecule has 0 aromatic carbocycles. The first kappa shape index (κ1) is 16.0. The first-order chi connectivity index (χ1) is 10.1. The van der Waals surface area contributed by atoms with Crippen molar-refractivity contribution >= 4 is 11.6 Å². The van der Waals surface area contributed by atoms with Gasteiger partial charge in [0.25, 0.3) is 0 Å². The second-order valence-electron chi connectivity index (χ2n) is 5.72.